The highest BCUT2D eigenvalue weighted by Gasteiger charge is 2.34. The van der Waals surface area contributed by atoms with E-state index in [2.05, 4.69) is 17.3 Å². The van der Waals surface area contributed by atoms with Crippen molar-refractivity contribution in [1.29, 1.82) is 0 Å². The van der Waals surface area contributed by atoms with Crippen molar-refractivity contribution < 1.29 is 9.59 Å². The maximum absolute atomic E-state index is 12.7. The fraction of sp³-hybridized carbons (Fsp3) is 0.389. The number of carbonyl (C=O) groups excluding carboxylic acids is 2. The second-order valence-corrected chi connectivity index (χ2v) is 6.01. The van der Waals surface area contributed by atoms with Crippen molar-refractivity contribution in [2.75, 3.05) is 5.32 Å². The van der Waals surface area contributed by atoms with Gasteiger partial charge in [0.25, 0.3) is 0 Å². The van der Waals surface area contributed by atoms with Gasteiger partial charge in [-0.25, -0.2) is 4.68 Å². The minimum Gasteiger partial charge on any atom is -0.310 e. The van der Waals surface area contributed by atoms with Crippen molar-refractivity contribution in [3.63, 3.8) is 0 Å². The number of nitrogens with zero attached hydrogens (tertiary/aromatic N) is 2. The van der Waals surface area contributed by atoms with E-state index in [0.717, 1.165) is 36.3 Å². The van der Waals surface area contributed by atoms with Gasteiger partial charge in [-0.05, 0) is 18.9 Å². The van der Waals surface area contributed by atoms with Gasteiger partial charge in [0, 0.05) is 24.1 Å². The summed E-state index contributed by atoms with van der Waals surface area (Å²) in [5.41, 5.74) is 2.43. The maximum Gasteiger partial charge on any atom is 0.233 e. The number of anilines is 1. The van der Waals surface area contributed by atoms with E-state index in [1.54, 1.807) is 12.3 Å². The maximum atomic E-state index is 12.7. The topological polar surface area (TPSA) is 64.0 Å². The molecule has 0 radical (unpaired) electrons. The lowest BCUT2D eigenvalue weighted by atomic mass is 10.0. The van der Waals surface area contributed by atoms with Crippen LogP contribution in [0.4, 0.5) is 5.82 Å². The second kappa shape index (κ2) is 6.36. The number of unbranched alkanes of at least 4 members (excludes halogenated alkanes) is 1. The van der Waals surface area contributed by atoms with E-state index >= 15 is 0 Å². The van der Waals surface area contributed by atoms with Gasteiger partial charge in [-0.15, -0.1) is 0 Å². The molecule has 3 rings (SSSR count). The summed E-state index contributed by atoms with van der Waals surface area (Å²) >= 11 is 0. The molecule has 0 saturated carbocycles. The number of aromatic nitrogens is 2. The average molecular weight is 311 g/mol. The molecule has 1 aromatic heterocycles. The Hall–Kier alpha value is -2.43. The van der Waals surface area contributed by atoms with Gasteiger partial charge in [0.15, 0.2) is 5.78 Å². The smallest absolute Gasteiger partial charge is 0.233 e. The van der Waals surface area contributed by atoms with Crippen LogP contribution in [0.25, 0.3) is 0 Å². The van der Waals surface area contributed by atoms with Crippen LogP contribution in [0.3, 0.4) is 0 Å². The van der Waals surface area contributed by atoms with Gasteiger partial charge in [0.05, 0.1) is 12.1 Å². The normalized spacial score (nSPS) is 16.4. The van der Waals surface area contributed by atoms with Crippen molar-refractivity contribution >= 4 is 17.5 Å². The summed E-state index contributed by atoms with van der Waals surface area (Å²) in [7, 11) is 0. The molecular weight excluding hydrogens is 290 g/mol. The quantitative estimate of drug-likeness (QED) is 0.921. The highest BCUT2D eigenvalue weighted by atomic mass is 16.2. The van der Waals surface area contributed by atoms with Crippen LogP contribution < -0.4 is 5.32 Å². The molecule has 5 nitrogen and oxygen atoms in total. The van der Waals surface area contributed by atoms with E-state index in [-0.39, 0.29) is 18.1 Å². The van der Waals surface area contributed by atoms with Crippen LogP contribution >= 0.6 is 0 Å². The van der Waals surface area contributed by atoms with Gasteiger partial charge in [-0.2, -0.15) is 5.10 Å². The Labute approximate surface area is 135 Å². The van der Waals surface area contributed by atoms with Gasteiger partial charge >= 0.3 is 0 Å². The van der Waals surface area contributed by atoms with Crippen LogP contribution in [-0.4, -0.2) is 21.5 Å². The Bertz CT molecular complexity index is 748. The van der Waals surface area contributed by atoms with Crippen molar-refractivity contribution in [2.24, 2.45) is 0 Å². The van der Waals surface area contributed by atoms with Crippen LogP contribution in [0.5, 0.6) is 0 Å². The lowest BCUT2D eigenvalue weighted by molar-refractivity contribution is -0.117. The molecule has 1 N–H and O–H groups in total. The minimum atomic E-state index is -0.410. The van der Waals surface area contributed by atoms with E-state index in [1.807, 2.05) is 29.8 Å². The predicted octanol–water partition coefficient (Wildman–Crippen LogP) is 3.30. The molecule has 0 spiro atoms. The molecule has 120 valence electrons. The molecule has 0 fully saturated rings. The number of nitrogens with one attached hydrogen (secondary N) is 1. The Morgan fingerprint density at radius 1 is 1.39 bits per heavy atom. The standard InChI is InChI=1S/C18H21N3O2/c1-3-4-9-21-17(12(2)11-19-21)20-18(23)15-10-16(22)14-8-6-5-7-13(14)15/h5-8,11,15H,3-4,9-10H2,1-2H3,(H,20,23)/t15-/m1/s1. The first-order valence-corrected chi connectivity index (χ1v) is 8.07. The average Bonchev–Trinajstić information content (AvgIpc) is 3.07. The number of fused-ring (bicyclic) bond motifs is 1. The molecular formula is C18H21N3O2. The third kappa shape index (κ3) is 2.91. The molecule has 2 aromatic rings. The molecule has 0 unspecified atom stereocenters. The number of Topliss-reactive ketones (excluding diaryl/α,β-unsaturated/α-hetero) is 1. The first-order chi connectivity index (χ1) is 11.1. The van der Waals surface area contributed by atoms with Crippen LogP contribution in [0, 0.1) is 6.92 Å². The highest BCUT2D eigenvalue weighted by molar-refractivity contribution is 6.09. The Morgan fingerprint density at radius 3 is 2.96 bits per heavy atom. The zero-order valence-electron chi connectivity index (χ0n) is 13.5. The monoisotopic (exact) mass is 311 g/mol. The third-order valence-electron chi connectivity index (χ3n) is 4.33. The van der Waals surface area contributed by atoms with Gasteiger partial charge < -0.3 is 5.32 Å². The van der Waals surface area contributed by atoms with Crippen LogP contribution in [-0.2, 0) is 11.3 Å². The Morgan fingerprint density at radius 2 is 2.17 bits per heavy atom. The van der Waals surface area contributed by atoms with Crippen molar-refractivity contribution in [2.45, 2.75) is 45.6 Å². The summed E-state index contributed by atoms with van der Waals surface area (Å²) in [5.74, 6) is 0.231. The summed E-state index contributed by atoms with van der Waals surface area (Å²) in [6.07, 6.45) is 4.08. The molecule has 1 amide bonds. The molecule has 0 saturated heterocycles. The van der Waals surface area contributed by atoms with Gasteiger partial charge in [0.1, 0.15) is 5.82 Å². The SMILES string of the molecule is CCCCn1ncc(C)c1NC(=O)[C@@H]1CC(=O)c2ccccc21. The fourth-order valence-electron chi connectivity index (χ4n) is 3.02. The van der Waals surface area contributed by atoms with E-state index in [4.69, 9.17) is 0 Å². The number of hydrogen-bond acceptors (Lipinski definition) is 3. The summed E-state index contributed by atoms with van der Waals surface area (Å²) in [5, 5.41) is 7.31. The number of aryl methyl sites for hydroxylation is 2. The lowest BCUT2D eigenvalue weighted by Gasteiger charge is -2.14. The van der Waals surface area contributed by atoms with E-state index in [1.165, 1.54) is 0 Å². The second-order valence-electron chi connectivity index (χ2n) is 6.01. The molecule has 0 bridgehead atoms. The summed E-state index contributed by atoms with van der Waals surface area (Å²) in [6, 6.07) is 7.36. The summed E-state index contributed by atoms with van der Waals surface area (Å²) in [4.78, 5) is 24.8. The highest BCUT2D eigenvalue weighted by Crippen LogP contribution is 2.34. The molecule has 1 aliphatic carbocycles. The van der Waals surface area contributed by atoms with E-state index < -0.39 is 5.92 Å². The minimum absolute atomic E-state index is 0.0389. The zero-order chi connectivity index (χ0) is 16.4. The first-order valence-electron chi connectivity index (χ1n) is 8.07. The Balaban J connectivity index is 1.81. The fourth-order valence-corrected chi connectivity index (χ4v) is 3.02. The van der Waals surface area contributed by atoms with E-state index in [0.29, 0.717) is 5.56 Å². The Kier molecular flexibility index (Phi) is 4.28. The van der Waals surface area contributed by atoms with Crippen molar-refractivity contribution in [3.05, 3.63) is 47.2 Å². The molecule has 1 aromatic carbocycles. The van der Waals surface area contributed by atoms with Gasteiger partial charge in [-0.3, -0.25) is 9.59 Å². The van der Waals surface area contributed by atoms with Crippen LogP contribution in [0.1, 0.15) is 53.6 Å². The van der Waals surface area contributed by atoms with Crippen molar-refractivity contribution in [3.8, 4) is 0 Å². The van der Waals surface area contributed by atoms with Gasteiger partial charge in [-0.1, -0.05) is 37.6 Å². The summed E-state index contributed by atoms with van der Waals surface area (Å²) < 4.78 is 1.83. The molecule has 23 heavy (non-hydrogen) atoms. The third-order valence-corrected chi connectivity index (χ3v) is 4.33. The first kappa shape index (κ1) is 15.5. The molecule has 1 atom stereocenters. The van der Waals surface area contributed by atoms with Crippen LogP contribution in [0.2, 0.25) is 0 Å². The number of carbonyl (C=O) groups is 2. The largest absolute Gasteiger partial charge is 0.310 e. The zero-order valence-corrected chi connectivity index (χ0v) is 13.5. The number of benzene rings is 1. The van der Waals surface area contributed by atoms with Crippen LogP contribution in [0.15, 0.2) is 30.5 Å². The molecule has 1 heterocycles. The molecule has 0 aliphatic heterocycles. The summed E-state index contributed by atoms with van der Waals surface area (Å²) in [6.45, 7) is 4.83. The number of amides is 1. The van der Waals surface area contributed by atoms with E-state index in [9.17, 15) is 9.59 Å². The predicted molar refractivity (Wildman–Crippen MR) is 88.6 cm³/mol. The molecule has 5 heteroatoms. The van der Waals surface area contributed by atoms with Crippen molar-refractivity contribution in [1.82, 2.24) is 9.78 Å². The lowest BCUT2D eigenvalue weighted by Crippen LogP contribution is -2.22. The number of ketones is 1. The molecule has 1 aliphatic rings. The number of rotatable bonds is 5. The number of hydrogen-bond donors (Lipinski definition) is 1. The van der Waals surface area contributed by atoms with Gasteiger partial charge in [0.2, 0.25) is 5.91 Å².